The summed E-state index contributed by atoms with van der Waals surface area (Å²) in [4.78, 5) is 26.2. The van der Waals surface area contributed by atoms with E-state index in [2.05, 4.69) is 11.8 Å². The van der Waals surface area contributed by atoms with Gasteiger partial charge in [0.1, 0.15) is 0 Å². The molecule has 0 radical (unpaired) electrons. The molecule has 4 fully saturated rings. The van der Waals surface area contributed by atoms with E-state index in [0.29, 0.717) is 24.7 Å². The Balaban J connectivity index is 1.69. The molecule has 0 aromatic heterocycles. The summed E-state index contributed by atoms with van der Waals surface area (Å²) >= 11 is 0. The van der Waals surface area contributed by atoms with Gasteiger partial charge in [-0.1, -0.05) is 13.8 Å². The molecular weight excluding hydrogens is 282 g/mol. The molecule has 22 heavy (non-hydrogen) atoms. The average molecular weight is 307 g/mol. The summed E-state index contributed by atoms with van der Waals surface area (Å²) in [6, 6.07) is 0.277. The quantitative estimate of drug-likeness (QED) is 0.696. The van der Waals surface area contributed by atoms with Crippen molar-refractivity contribution in [1.82, 2.24) is 4.90 Å². The average Bonchev–Trinajstić information content (AvgIpc) is 3.02. The fourth-order valence-corrected chi connectivity index (χ4v) is 5.36. The summed E-state index contributed by atoms with van der Waals surface area (Å²) < 4.78 is 12.2. The van der Waals surface area contributed by atoms with Crippen LogP contribution >= 0.6 is 0 Å². The van der Waals surface area contributed by atoms with Gasteiger partial charge in [0.25, 0.3) is 0 Å². The first-order valence-electron chi connectivity index (χ1n) is 8.76. The van der Waals surface area contributed by atoms with Crippen LogP contribution in [0.2, 0.25) is 0 Å². The maximum Gasteiger partial charge on any atom is 0.311 e. The number of hydrogen-bond acceptors (Lipinski definition) is 4. The first-order chi connectivity index (χ1) is 10.6. The minimum absolute atomic E-state index is 0.0855. The van der Waals surface area contributed by atoms with Crippen LogP contribution in [-0.4, -0.2) is 41.3 Å². The predicted molar refractivity (Wildman–Crippen MR) is 78.7 cm³/mol. The molecule has 4 saturated heterocycles. The SMILES string of the molecule is CC[C@H]1[C@H]2[C@@H](CCCN3C(=O)CC[C@@H]23)OC12C[C@H](C)C(=O)O2. The van der Waals surface area contributed by atoms with Gasteiger partial charge >= 0.3 is 5.97 Å². The highest BCUT2D eigenvalue weighted by molar-refractivity contribution is 5.79. The first kappa shape index (κ1) is 14.5. The van der Waals surface area contributed by atoms with Crippen LogP contribution in [0.4, 0.5) is 0 Å². The van der Waals surface area contributed by atoms with E-state index in [1.54, 1.807) is 0 Å². The summed E-state index contributed by atoms with van der Waals surface area (Å²) in [5.41, 5.74) is 0. The fourth-order valence-electron chi connectivity index (χ4n) is 5.36. The van der Waals surface area contributed by atoms with Gasteiger partial charge in [-0.2, -0.15) is 0 Å². The molecule has 0 N–H and O–H groups in total. The van der Waals surface area contributed by atoms with Gasteiger partial charge in [0.15, 0.2) is 0 Å². The van der Waals surface area contributed by atoms with Gasteiger partial charge in [-0.05, 0) is 25.7 Å². The van der Waals surface area contributed by atoms with Crippen molar-refractivity contribution in [3.8, 4) is 0 Å². The van der Waals surface area contributed by atoms with Gasteiger partial charge < -0.3 is 14.4 Å². The molecule has 0 aromatic rings. The lowest BCUT2D eigenvalue weighted by Crippen LogP contribution is -2.44. The standard InChI is InChI=1S/C17H25NO4/c1-3-11-15-12-6-7-14(19)18(12)8-4-5-13(15)21-17(11)9-10(2)16(20)22-17/h10-13,15H,3-9H2,1-2H3/t10-,11-,12-,13+,15+,17?/m0/s1. The molecule has 0 bridgehead atoms. The molecule has 0 aliphatic carbocycles. The number of hydrogen-bond donors (Lipinski definition) is 0. The van der Waals surface area contributed by atoms with Gasteiger partial charge in [-0.3, -0.25) is 9.59 Å². The zero-order valence-corrected chi connectivity index (χ0v) is 13.4. The smallest absolute Gasteiger partial charge is 0.311 e. The number of rotatable bonds is 1. The topological polar surface area (TPSA) is 55.8 Å². The van der Waals surface area contributed by atoms with E-state index in [-0.39, 0.29) is 30.0 Å². The largest absolute Gasteiger partial charge is 0.432 e. The third kappa shape index (κ3) is 1.87. The van der Waals surface area contributed by atoms with Crippen LogP contribution in [0.15, 0.2) is 0 Å². The molecule has 1 amide bonds. The molecule has 5 heteroatoms. The van der Waals surface area contributed by atoms with Crippen molar-refractivity contribution >= 4 is 11.9 Å². The van der Waals surface area contributed by atoms with Crippen LogP contribution in [0.1, 0.15) is 52.4 Å². The number of esters is 1. The molecule has 4 rings (SSSR count). The molecule has 4 heterocycles. The molecule has 122 valence electrons. The highest BCUT2D eigenvalue weighted by Gasteiger charge is 2.63. The summed E-state index contributed by atoms with van der Waals surface area (Å²) in [5.74, 6) is -0.125. The fraction of sp³-hybridized carbons (Fsp3) is 0.882. The monoisotopic (exact) mass is 307 g/mol. The van der Waals surface area contributed by atoms with E-state index in [1.165, 1.54) is 0 Å². The second-order valence-corrected chi connectivity index (χ2v) is 7.42. The minimum Gasteiger partial charge on any atom is -0.432 e. The normalized spacial score (nSPS) is 47.5. The van der Waals surface area contributed by atoms with Gasteiger partial charge in [0, 0.05) is 37.3 Å². The van der Waals surface area contributed by atoms with Crippen molar-refractivity contribution in [2.24, 2.45) is 17.8 Å². The van der Waals surface area contributed by atoms with Gasteiger partial charge in [0.2, 0.25) is 11.7 Å². The number of carbonyl (C=O) groups excluding carboxylic acids is 2. The van der Waals surface area contributed by atoms with E-state index >= 15 is 0 Å². The van der Waals surface area contributed by atoms with Gasteiger partial charge in [-0.15, -0.1) is 0 Å². The molecule has 4 aliphatic heterocycles. The van der Waals surface area contributed by atoms with Gasteiger partial charge in [-0.25, -0.2) is 0 Å². The molecule has 0 saturated carbocycles. The summed E-state index contributed by atoms with van der Waals surface area (Å²) in [5, 5.41) is 0. The van der Waals surface area contributed by atoms with Gasteiger partial charge in [0.05, 0.1) is 12.0 Å². The molecule has 6 atom stereocenters. The highest BCUT2D eigenvalue weighted by atomic mass is 16.7. The van der Waals surface area contributed by atoms with Crippen LogP contribution in [0, 0.1) is 17.8 Å². The Morgan fingerprint density at radius 3 is 2.82 bits per heavy atom. The van der Waals surface area contributed by atoms with E-state index in [4.69, 9.17) is 9.47 Å². The molecule has 4 aliphatic rings. The van der Waals surface area contributed by atoms with Crippen molar-refractivity contribution in [1.29, 1.82) is 0 Å². The molecular formula is C17H25NO4. The van der Waals surface area contributed by atoms with Crippen LogP contribution in [-0.2, 0) is 19.1 Å². The van der Waals surface area contributed by atoms with E-state index in [9.17, 15) is 9.59 Å². The van der Waals surface area contributed by atoms with Crippen LogP contribution in [0.5, 0.6) is 0 Å². The number of carbonyl (C=O) groups is 2. The second-order valence-electron chi connectivity index (χ2n) is 7.42. The third-order valence-corrected chi connectivity index (χ3v) is 6.22. The maximum absolute atomic E-state index is 12.2. The van der Waals surface area contributed by atoms with Crippen molar-refractivity contribution in [2.75, 3.05) is 6.54 Å². The Kier molecular flexibility index (Phi) is 3.26. The van der Waals surface area contributed by atoms with Crippen molar-refractivity contribution < 1.29 is 19.1 Å². The zero-order valence-electron chi connectivity index (χ0n) is 13.4. The lowest BCUT2D eigenvalue weighted by Gasteiger charge is -2.34. The predicted octanol–water partition coefficient (Wildman–Crippen LogP) is 2.09. The molecule has 1 unspecified atom stereocenters. The summed E-state index contributed by atoms with van der Waals surface area (Å²) in [6.07, 6.45) is 5.27. The second kappa shape index (κ2) is 4.95. The zero-order chi connectivity index (χ0) is 15.5. The Morgan fingerprint density at radius 2 is 2.14 bits per heavy atom. The Labute approximate surface area is 131 Å². The minimum atomic E-state index is -0.727. The summed E-state index contributed by atoms with van der Waals surface area (Å²) in [6.45, 7) is 4.94. The molecule has 0 aromatic carbocycles. The Hall–Kier alpha value is -1.10. The van der Waals surface area contributed by atoms with E-state index in [0.717, 1.165) is 32.2 Å². The van der Waals surface area contributed by atoms with Crippen molar-refractivity contribution in [2.45, 2.75) is 70.3 Å². The lowest BCUT2D eigenvalue weighted by molar-refractivity contribution is -0.219. The highest BCUT2D eigenvalue weighted by Crippen LogP contribution is 2.54. The number of nitrogens with zero attached hydrogens (tertiary/aromatic N) is 1. The third-order valence-electron chi connectivity index (χ3n) is 6.22. The first-order valence-corrected chi connectivity index (χ1v) is 8.76. The Morgan fingerprint density at radius 1 is 1.32 bits per heavy atom. The van der Waals surface area contributed by atoms with E-state index in [1.807, 2.05) is 6.92 Å². The number of amides is 1. The number of fused-ring (bicyclic) bond motifs is 3. The molecule has 1 spiro atoms. The summed E-state index contributed by atoms with van der Waals surface area (Å²) in [7, 11) is 0. The molecule has 5 nitrogen and oxygen atoms in total. The lowest BCUT2D eigenvalue weighted by atomic mass is 9.76. The van der Waals surface area contributed by atoms with Crippen LogP contribution in [0.25, 0.3) is 0 Å². The van der Waals surface area contributed by atoms with Crippen molar-refractivity contribution in [3.05, 3.63) is 0 Å². The van der Waals surface area contributed by atoms with Crippen LogP contribution < -0.4 is 0 Å². The van der Waals surface area contributed by atoms with Crippen LogP contribution in [0.3, 0.4) is 0 Å². The number of ether oxygens (including phenoxy) is 2. The maximum atomic E-state index is 12.2. The van der Waals surface area contributed by atoms with E-state index < -0.39 is 5.79 Å². The Bertz CT molecular complexity index is 507. The van der Waals surface area contributed by atoms with Crippen molar-refractivity contribution in [3.63, 3.8) is 0 Å².